The van der Waals surface area contributed by atoms with Gasteiger partial charge in [-0.1, -0.05) is 54.6 Å². The van der Waals surface area contributed by atoms with Crippen molar-refractivity contribution in [2.45, 2.75) is 38.4 Å². The van der Waals surface area contributed by atoms with E-state index in [0.29, 0.717) is 13.0 Å². The molecule has 4 aromatic rings. The van der Waals surface area contributed by atoms with Crippen LogP contribution < -0.4 is 0 Å². The maximum Gasteiger partial charge on any atom is 0.345 e. The van der Waals surface area contributed by atoms with Gasteiger partial charge in [-0.3, -0.25) is 9.69 Å². The minimum atomic E-state index is -1.25. The lowest BCUT2D eigenvalue weighted by atomic mass is 9.92. The van der Waals surface area contributed by atoms with Gasteiger partial charge in [0.25, 0.3) is 11.8 Å². The van der Waals surface area contributed by atoms with Crippen molar-refractivity contribution in [3.8, 4) is 0 Å². The fourth-order valence-corrected chi connectivity index (χ4v) is 5.21. The summed E-state index contributed by atoms with van der Waals surface area (Å²) in [6, 6.07) is 19.1. The van der Waals surface area contributed by atoms with E-state index in [2.05, 4.69) is 54.6 Å². The summed E-state index contributed by atoms with van der Waals surface area (Å²) in [6.07, 6.45) is 0.0388. The van der Waals surface area contributed by atoms with E-state index in [1.165, 1.54) is 26.9 Å². The zero-order valence-corrected chi connectivity index (χ0v) is 17.8. The molecule has 2 fully saturated rings. The number of rotatable bonds is 5. The van der Waals surface area contributed by atoms with E-state index in [0.717, 1.165) is 17.4 Å². The van der Waals surface area contributed by atoms with Gasteiger partial charge in [-0.2, -0.15) is 0 Å². The van der Waals surface area contributed by atoms with Crippen molar-refractivity contribution in [3.05, 3.63) is 60.2 Å². The molecule has 2 aliphatic heterocycles. The molecule has 0 N–H and O–H groups in total. The molecule has 0 spiro atoms. The molecule has 0 radical (unpaired) electrons. The van der Waals surface area contributed by atoms with Gasteiger partial charge in [-0.15, -0.1) is 0 Å². The number of hydrogen-bond donors (Lipinski definition) is 0. The van der Waals surface area contributed by atoms with Gasteiger partial charge in [0.05, 0.1) is 13.2 Å². The van der Waals surface area contributed by atoms with Gasteiger partial charge < -0.3 is 14.2 Å². The van der Waals surface area contributed by atoms with Crippen LogP contribution in [0.3, 0.4) is 0 Å². The summed E-state index contributed by atoms with van der Waals surface area (Å²) in [5, 5.41) is 7.19. The SMILES string of the molecule is CCOC(=O)C1OC2(OCc3ccc4ccc5cccc6ccc3c4c56)CCCN2C1=O. The molecule has 32 heavy (non-hydrogen) atoms. The maximum absolute atomic E-state index is 12.8. The van der Waals surface area contributed by atoms with Crippen molar-refractivity contribution in [1.29, 1.82) is 0 Å². The van der Waals surface area contributed by atoms with Gasteiger partial charge in [0.1, 0.15) is 0 Å². The van der Waals surface area contributed by atoms with Crippen molar-refractivity contribution < 1.29 is 23.8 Å². The lowest BCUT2D eigenvalue weighted by molar-refractivity contribution is -0.277. The van der Waals surface area contributed by atoms with Crippen LogP contribution in [-0.4, -0.2) is 41.9 Å². The molecule has 4 aromatic carbocycles. The van der Waals surface area contributed by atoms with Crippen LogP contribution in [0, 0.1) is 0 Å². The Morgan fingerprint density at radius 1 is 1.06 bits per heavy atom. The van der Waals surface area contributed by atoms with Crippen LogP contribution in [0.5, 0.6) is 0 Å². The van der Waals surface area contributed by atoms with Crippen molar-refractivity contribution in [2.75, 3.05) is 13.2 Å². The summed E-state index contributed by atoms with van der Waals surface area (Å²) in [4.78, 5) is 26.5. The largest absolute Gasteiger partial charge is 0.464 e. The van der Waals surface area contributed by atoms with Crippen molar-refractivity contribution in [2.24, 2.45) is 0 Å². The first-order chi connectivity index (χ1) is 15.6. The number of carbonyl (C=O) groups is 2. The standard InChI is InChI=1S/C26H23NO5/c1-2-30-25(29)23-24(28)27-14-4-13-26(27,32-23)31-15-19-10-9-18-8-7-16-5-3-6-17-11-12-20(19)22(18)21(16)17/h3,5-12,23H,2,4,13-15H2,1H3. The summed E-state index contributed by atoms with van der Waals surface area (Å²) < 4.78 is 17.2. The van der Waals surface area contributed by atoms with Crippen molar-refractivity contribution in [3.63, 3.8) is 0 Å². The monoisotopic (exact) mass is 429 g/mol. The highest BCUT2D eigenvalue weighted by molar-refractivity contribution is 6.23. The Bertz CT molecular complexity index is 1350. The van der Waals surface area contributed by atoms with Crippen molar-refractivity contribution >= 4 is 44.2 Å². The van der Waals surface area contributed by atoms with Crippen LogP contribution in [0.25, 0.3) is 32.3 Å². The second kappa shape index (κ2) is 7.15. The third-order valence-corrected chi connectivity index (χ3v) is 6.65. The average Bonchev–Trinajstić information content (AvgIpc) is 3.34. The summed E-state index contributed by atoms with van der Waals surface area (Å²) >= 11 is 0. The molecule has 2 aliphatic rings. The predicted octanol–water partition coefficient (Wildman–Crippen LogP) is 4.34. The van der Waals surface area contributed by atoms with E-state index in [4.69, 9.17) is 14.2 Å². The molecule has 0 aliphatic carbocycles. The van der Waals surface area contributed by atoms with Gasteiger partial charge >= 0.3 is 5.97 Å². The van der Waals surface area contributed by atoms with E-state index in [1.54, 1.807) is 11.8 Å². The first-order valence-electron chi connectivity index (χ1n) is 11.1. The lowest BCUT2D eigenvalue weighted by Gasteiger charge is -2.30. The molecule has 0 bridgehead atoms. The Balaban J connectivity index is 1.36. The molecule has 2 heterocycles. The van der Waals surface area contributed by atoms with Gasteiger partial charge in [-0.05, 0) is 51.2 Å². The highest BCUT2D eigenvalue weighted by Gasteiger charge is 2.58. The Kier molecular flexibility index (Phi) is 4.35. The van der Waals surface area contributed by atoms with Crippen LogP contribution in [0.2, 0.25) is 0 Å². The van der Waals surface area contributed by atoms with Gasteiger partial charge in [-0.25, -0.2) is 4.79 Å². The normalized spacial score (nSPS) is 23.0. The molecule has 6 heteroatoms. The molecular formula is C26H23NO5. The van der Waals surface area contributed by atoms with Crippen LogP contribution in [-0.2, 0) is 30.4 Å². The predicted molar refractivity (Wildman–Crippen MR) is 120 cm³/mol. The molecule has 162 valence electrons. The third kappa shape index (κ3) is 2.73. The minimum absolute atomic E-state index is 0.197. The smallest absolute Gasteiger partial charge is 0.345 e. The van der Waals surface area contributed by atoms with Crippen LogP contribution in [0.15, 0.2) is 54.6 Å². The molecule has 6 rings (SSSR count). The Hall–Kier alpha value is -3.22. The van der Waals surface area contributed by atoms with E-state index in [-0.39, 0.29) is 19.1 Å². The summed E-state index contributed by atoms with van der Waals surface area (Å²) in [7, 11) is 0. The zero-order valence-electron chi connectivity index (χ0n) is 17.8. The number of ether oxygens (including phenoxy) is 3. The van der Waals surface area contributed by atoms with Crippen molar-refractivity contribution in [1.82, 2.24) is 4.90 Å². The van der Waals surface area contributed by atoms with Gasteiger partial charge in [0.2, 0.25) is 6.10 Å². The summed E-state index contributed by atoms with van der Waals surface area (Å²) in [5.74, 6) is -2.24. The topological polar surface area (TPSA) is 65.1 Å². The second-order valence-corrected chi connectivity index (χ2v) is 8.43. The van der Waals surface area contributed by atoms with E-state index in [9.17, 15) is 9.59 Å². The fraction of sp³-hybridized carbons (Fsp3) is 0.308. The average molecular weight is 429 g/mol. The number of amides is 1. The first-order valence-corrected chi connectivity index (χ1v) is 11.1. The molecule has 0 saturated carbocycles. The van der Waals surface area contributed by atoms with E-state index < -0.39 is 18.0 Å². The number of carbonyl (C=O) groups excluding carboxylic acids is 2. The highest BCUT2D eigenvalue weighted by atomic mass is 16.7. The zero-order chi connectivity index (χ0) is 21.9. The fourth-order valence-electron chi connectivity index (χ4n) is 5.21. The number of fused-ring (bicyclic) bond motifs is 1. The molecular weight excluding hydrogens is 406 g/mol. The van der Waals surface area contributed by atoms with Gasteiger partial charge in [0.15, 0.2) is 0 Å². The Morgan fingerprint density at radius 3 is 2.56 bits per heavy atom. The number of benzene rings is 4. The molecule has 0 aromatic heterocycles. The first kappa shape index (κ1) is 19.5. The van der Waals surface area contributed by atoms with Crippen LogP contribution in [0.4, 0.5) is 0 Å². The summed E-state index contributed by atoms with van der Waals surface area (Å²) in [6.45, 7) is 2.68. The number of hydrogen-bond acceptors (Lipinski definition) is 5. The molecule has 2 saturated heterocycles. The highest BCUT2D eigenvalue weighted by Crippen LogP contribution is 2.41. The molecule has 2 atom stereocenters. The van der Waals surface area contributed by atoms with Crippen LogP contribution in [0.1, 0.15) is 25.3 Å². The number of nitrogens with zero attached hydrogens (tertiary/aromatic N) is 1. The third-order valence-electron chi connectivity index (χ3n) is 6.65. The maximum atomic E-state index is 12.8. The molecule has 1 amide bonds. The Morgan fingerprint density at radius 2 is 1.78 bits per heavy atom. The second-order valence-electron chi connectivity index (χ2n) is 8.43. The summed E-state index contributed by atoms with van der Waals surface area (Å²) in [5.41, 5.74) is 1.02. The van der Waals surface area contributed by atoms with E-state index >= 15 is 0 Å². The Labute approximate surface area is 185 Å². The lowest BCUT2D eigenvalue weighted by Crippen LogP contribution is -2.43. The molecule has 6 nitrogen and oxygen atoms in total. The molecule has 2 unspecified atom stereocenters. The quantitative estimate of drug-likeness (QED) is 0.268. The van der Waals surface area contributed by atoms with Gasteiger partial charge in [0, 0.05) is 13.0 Å². The minimum Gasteiger partial charge on any atom is -0.464 e. The van der Waals surface area contributed by atoms with E-state index in [1.807, 2.05) is 0 Å². The number of esters is 1. The van der Waals surface area contributed by atoms with Crippen LogP contribution >= 0.6 is 0 Å².